The van der Waals surface area contributed by atoms with Crippen molar-refractivity contribution < 1.29 is 14.2 Å². The molecule has 0 N–H and O–H groups in total. The number of carbonyl (C=O) groups is 1. The molecule has 3 aromatic rings. The standard InChI is InChI=1S/C20H18N4O4/c1-14-4-3-5-16(12-14)20-21-18(28-22-20)13-23(2)19(25)11-8-15-6-9-17(10-7-15)24(26)27/h3-12H,13H2,1-2H3/b11-8+. The molecule has 0 aliphatic heterocycles. The highest BCUT2D eigenvalue weighted by atomic mass is 16.6. The fourth-order valence-corrected chi connectivity index (χ4v) is 2.50. The zero-order chi connectivity index (χ0) is 20.1. The van der Waals surface area contributed by atoms with Crippen molar-refractivity contribution in [2.24, 2.45) is 0 Å². The van der Waals surface area contributed by atoms with Gasteiger partial charge in [0.05, 0.1) is 11.5 Å². The summed E-state index contributed by atoms with van der Waals surface area (Å²) >= 11 is 0. The zero-order valence-corrected chi connectivity index (χ0v) is 15.4. The quantitative estimate of drug-likeness (QED) is 0.369. The normalized spacial score (nSPS) is 10.9. The Labute approximate surface area is 161 Å². The second-order valence-electron chi connectivity index (χ2n) is 6.26. The number of nitrogens with zero attached hydrogens (tertiary/aromatic N) is 4. The highest BCUT2D eigenvalue weighted by Crippen LogP contribution is 2.17. The molecule has 28 heavy (non-hydrogen) atoms. The van der Waals surface area contributed by atoms with E-state index in [1.807, 2.05) is 31.2 Å². The predicted molar refractivity (Wildman–Crippen MR) is 103 cm³/mol. The first-order chi connectivity index (χ1) is 13.4. The summed E-state index contributed by atoms with van der Waals surface area (Å²) in [6.07, 6.45) is 2.98. The number of aromatic nitrogens is 2. The highest BCUT2D eigenvalue weighted by molar-refractivity contribution is 5.91. The van der Waals surface area contributed by atoms with Crippen molar-refractivity contribution in [3.63, 3.8) is 0 Å². The van der Waals surface area contributed by atoms with Crippen molar-refractivity contribution in [1.82, 2.24) is 15.0 Å². The maximum Gasteiger partial charge on any atom is 0.269 e. The molecule has 0 aliphatic carbocycles. The summed E-state index contributed by atoms with van der Waals surface area (Å²) in [4.78, 5) is 28.2. The molecule has 0 atom stereocenters. The van der Waals surface area contributed by atoms with Crippen LogP contribution in [0.3, 0.4) is 0 Å². The summed E-state index contributed by atoms with van der Waals surface area (Å²) in [5.74, 6) is 0.547. The summed E-state index contributed by atoms with van der Waals surface area (Å²) in [5.41, 5.74) is 2.63. The molecule has 8 nitrogen and oxygen atoms in total. The lowest BCUT2D eigenvalue weighted by Gasteiger charge is -2.11. The molecule has 0 spiro atoms. The number of benzene rings is 2. The summed E-state index contributed by atoms with van der Waals surface area (Å²) in [5, 5.41) is 14.6. The van der Waals surface area contributed by atoms with E-state index < -0.39 is 4.92 Å². The first-order valence-corrected chi connectivity index (χ1v) is 8.49. The van der Waals surface area contributed by atoms with Crippen molar-refractivity contribution in [3.05, 3.63) is 81.7 Å². The van der Waals surface area contributed by atoms with Gasteiger partial charge in [-0.05, 0) is 36.8 Å². The molecule has 0 saturated heterocycles. The molecular formula is C20H18N4O4. The second-order valence-corrected chi connectivity index (χ2v) is 6.26. The Hall–Kier alpha value is -3.81. The lowest BCUT2D eigenvalue weighted by molar-refractivity contribution is -0.384. The van der Waals surface area contributed by atoms with Crippen LogP contribution in [0.4, 0.5) is 5.69 Å². The summed E-state index contributed by atoms with van der Waals surface area (Å²) in [7, 11) is 1.62. The van der Waals surface area contributed by atoms with E-state index in [1.54, 1.807) is 25.3 Å². The highest BCUT2D eigenvalue weighted by Gasteiger charge is 2.13. The number of nitro groups is 1. The van der Waals surface area contributed by atoms with Crippen LogP contribution in [0.5, 0.6) is 0 Å². The number of non-ortho nitro benzene ring substituents is 1. The number of nitro benzene ring substituents is 1. The topological polar surface area (TPSA) is 102 Å². The van der Waals surface area contributed by atoms with Gasteiger partial charge in [-0.25, -0.2) is 0 Å². The van der Waals surface area contributed by atoms with E-state index in [1.165, 1.54) is 23.1 Å². The van der Waals surface area contributed by atoms with Crippen LogP contribution in [-0.4, -0.2) is 32.9 Å². The summed E-state index contributed by atoms with van der Waals surface area (Å²) in [6.45, 7) is 2.15. The zero-order valence-electron chi connectivity index (χ0n) is 15.4. The van der Waals surface area contributed by atoms with E-state index >= 15 is 0 Å². The fraction of sp³-hybridized carbons (Fsp3) is 0.150. The van der Waals surface area contributed by atoms with Gasteiger partial charge in [0.1, 0.15) is 0 Å². The van der Waals surface area contributed by atoms with E-state index in [-0.39, 0.29) is 18.1 Å². The molecule has 0 aliphatic rings. The monoisotopic (exact) mass is 378 g/mol. The number of hydrogen-bond donors (Lipinski definition) is 0. The molecular weight excluding hydrogens is 360 g/mol. The van der Waals surface area contributed by atoms with Crippen LogP contribution in [-0.2, 0) is 11.3 Å². The molecule has 0 saturated carbocycles. The Kier molecular flexibility index (Phi) is 5.59. The lowest BCUT2D eigenvalue weighted by Crippen LogP contribution is -2.24. The minimum atomic E-state index is -0.470. The molecule has 2 aromatic carbocycles. The number of aryl methyl sites for hydroxylation is 1. The summed E-state index contributed by atoms with van der Waals surface area (Å²) < 4.78 is 5.24. The van der Waals surface area contributed by atoms with Crippen LogP contribution in [0.2, 0.25) is 0 Å². The van der Waals surface area contributed by atoms with Gasteiger partial charge in [-0.2, -0.15) is 4.98 Å². The molecule has 0 fully saturated rings. The average Bonchev–Trinajstić information content (AvgIpc) is 3.15. The fourth-order valence-electron chi connectivity index (χ4n) is 2.50. The molecule has 1 amide bonds. The maximum absolute atomic E-state index is 12.3. The summed E-state index contributed by atoms with van der Waals surface area (Å²) in [6, 6.07) is 13.7. The number of carbonyl (C=O) groups excluding carboxylic acids is 1. The third-order valence-electron chi connectivity index (χ3n) is 4.02. The minimum Gasteiger partial charge on any atom is -0.337 e. The molecule has 0 unspecified atom stereocenters. The van der Waals surface area contributed by atoms with E-state index in [9.17, 15) is 14.9 Å². The molecule has 3 rings (SSSR count). The van der Waals surface area contributed by atoms with Crippen LogP contribution >= 0.6 is 0 Å². The number of likely N-dealkylation sites (N-methyl/N-ethyl adjacent to an activating group) is 1. The van der Waals surface area contributed by atoms with Gasteiger partial charge < -0.3 is 9.42 Å². The average molecular weight is 378 g/mol. The SMILES string of the molecule is Cc1cccc(-c2noc(CN(C)C(=O)/C=C/c3ccc([N+](=O)[O-])cc3)n2)c1. The van der Waals surface area contributed by atoms with Gasteiger partial charge in [0, 0.05) is 30.8 Å². The Morgan fingerprint density at radius 1 is 1.25 bits per heavy atom. The van der Waals surface area contributed by atoms with Crippen molar-refractivity contribution in [2.45, 2.75) is 13.5 Å². The Balaban J connectivity index is 1.62. The van der Waals surface area contributed by atoms with Crippen LogP contribution in [0.25, 0.3) is 17.5 Å². The lowest BCUT2D eigenvalue weighted by atomic mass is 10.1. The smallest absolute Gasteiger partial charge is 0.269 e. The van der Waals surface area contributed by atoms with Crippen molar-refractivity contribution in [2.75, 3.05) is 7.05 Å². The third kappa shape index (κ3) is 4.67. The minimum absolute atomic E-state index is 0.00130. The van der Waals surface area contributed by atoms with E-state index in [4.69, 9.17) is 4.52 Å². The number of amides is 1. The second kappa shape index (κ2) is 8.26. The molecule has 8 heteroatoms. The first-order valence-electron chi connectivity index (χ1n) is 8.49. The molecule has 0 bridgehead atoms. The van der Waals surface area contributed by atoms with Gasteiger partial charge in [-0.1, -0.05) is 28.9 Å². The van der Waals surface area contributed by atoms with Crippen molar-refractivity contribution >= 4 is 17.7 Å². The van der Waals surface area contributed by atoms with Gasteiger partial charge in [0.2, 0.25) is 17.6 Å². The van der Waals surface area contributed by atoms with Gasteiger partial charge in [0.25, 0.3) is 5.69 Å². The van der Waals surface area contributed by atoms with Crippen LogP contribution in [0.1, 0.15) is 17.0 Å². The number of hydrogen-bond acceptors (Lipinski definition) is 6. The Bertz CT molecular complexity index is 1020. The van der Waals surface area contributed by atoms with Gasteiger partial charge >= 0.3 is 0 Å². The van der Waals surface area contributed by atoms with Crippen LogP contribution in [0, 0.1) is 17.0 Å². The molecule has 1 aromatic heterocycles. The molecule has 0 radical (unpaired) electrons. The number of rotatable bonds is 6. The van der Waals surface area contributed by atoms with Crippen LogP contribution < -0.4 is 0 Å². The molecule has 142 valence electrons. The third-order valence-corrected chi connectivity index (χ3v) is 4.02. The molecule has 1 heterocycles. The van der Waals surface area contributed by atoms with E-state index in [0.717, 1.165) is 11.1 Å². The predicted octanol–water partition coefficient (Wildman–Crippen LogP) is 3.63. The first kappa shape index (κ1) is 19.0. The maximum atomic E-state index is 12.3. The van der Waals surface area contributed by atoms with Crippen molar-refractivity contribution in [1.29, 1.82) is 0 Å². The van der Waals surface area contributed by atoms with Crippen molar-refractivity contribution in [3.8, 4) is 11.4 Å². The van der Waals surface area contributed by atoms with Gasteiger partial charge in [0.15, 0.2) is 0 Å². The Morgan fingerprint density at radius 2 is 2.00 bits per heavy atom. The van der Waals surface area contributed by atoms with Gasteiger partial charge in [-0.3, -0.25) is 14.9 Å². The van der Waals surface area contributed by atoms with E-state index in [0.29, 0.717) is 17.3 Å². The van der Waals surface area contributed by atoms with Crippen LogP contribution in [0.15, 0.2) is 59.1 Å². The van der Waals surface area contributed by atoms with Gasteiger partial charge in [-0.15, -0.1) is 0 Å². The Morgan fingerprint density at radius 3 is 2.68 bits per heavy atom. The largest absolute Gasteiger partial charge is 0.337 e. The van der Waals surface area contributed by atoms with E-state index in [2.05, 4.69) is 10.1 Å².